The summed E-state index contributed by atoms with van der Waals surface area (Å²) in [5.41, 5.74) is 0.957. The van der Waals surface area contributed by atoms with Crippen molar-refractivity contribution in [2.24, 2.45) is 14.1 Å². The highest BCUT2D eigenvalue weighted by Crippen LogP contribution is 2.28. The van der Waals surface area contributed by atoms with Crippen molar-refractivity contribution in [1.29, 1.82) is 0 Å². The van der Waals surface area contributed by atoms with Gasteiger partial charge >= 0.3 is 0 Å². The van der Waals surface area contributed by atoms with E-state index in [0.29, 0.717) is 13.1 Å². The molecule has 0 N–H and O–H groups in total. The lowest BCUT2D eigenvalue weighted by Crippen LogP contribution is -2.39. The van der Waals surface area contributed by atoms with Crippen molar-refractivity contribution in [2.45, 2.75) is 23.8 Å². The zero-order valence-corrected chi connectivity index (χ0v) is 13.0. The molecule has 114 valence electrons. The van der Waals surface area contributed by atoms with Crippen LogP contribution in [0.3, 0.4) is 0 Å². The van der Waals surface area contributed by atoms with Crippen LogP contribution in [0.2, 0.25) is 0 Å². The van der Waals surface area contributed by atoms with Crippen molar-refractivity contribution in [2.75, 3.05) is 13.1 Å². The van der Waals surface area contributed by atoms with Gasteiger partial charge in [-0.1, -0.05) is 0 Å². The molecular weight excluding hydrogens is 290 g/mol. The molecule has 3 rings (SSSR count). The molecule has 0 aliphatic carbocycles. The van der Waals surface area contributed by atoms with Gasteiger partial charge in [-0.3, -0.25) is 4.68 Å². The topological polar surface area (TPSA) is 73.0 Å². The van der Waals surface area contributed by atoms with Crippen LogP contribution in [0.5, 0.6) is 0 Å². The number of hydrogen-bond donors (Lipinski definition) is 0. The first-order chi connectivity index (χ1) is 9.96. The normalized spacial score (nSPS) is 20.8. The lowest BCUT2D eigenvalue weighted by Gasteiger charge is -2.30. The van der Waals surface area contributed by atoms with Gasteiger partial charge in [0.2, 0.25) is 0 Å². The predicted molar refractivity (Wildman–Crippen MR) is 77.1 cm³/mol. The highest BCUT2D eigenvalue weighted by Gasteiger charge is 2.32. The van der Waals surface area contributed by atoms with Crippen LogP contribution in [0.25, 0.3) is 0 Å². The number of imidazole rings is 1. The van der Waals surface area contributed by atoms with Gasteiger partial charge in [0.25, 0.3) is 10.0 Å². The second-order valence-electron chi connectivity index (χ2n) is 5.49. The molecule has 0 saturated carbocycles. The Hall–Kier alpha value is -1.67. The van der Waals surface area contributed by atoms with Crippen molar-refractivity contribution in [1.82, 2.24) is 23.6 Å². The molecule has 1 atom stereocenters. The quantitative estimate of drug-likeness (QED) is 0.837. The Kier molecular flexibility index (Phi) is 3.58. The molecule has 7 nitrogen and oxygen atoms in total. The summed E-state index contributed by atoms with van der Waals surface area (Å²) < 4.78 is 30.1. The third kappa shape index (κ3) is 2.73. The molecule has 2 aromatic rings. The van der Waals surface area contributed by atoms with Crippen LogP contribution in [-0.4, -0.2) is 45.1 Å². The van der Waals surface area contributed by atoms with Crippen molar-refractivity contribution < 1.29 is 8.42 Å². The van der Waals surface area contributed by atoms with E-state index in [-0.39, 0.29) is 10.9 Å². The zero-order valence-electron chi connectivity index (χ0n) is 12.2. The van der Waals surface area contributed by atoms with Crippen LogP contribution < -0.4 is 0 Å². The highest BCUT2D eigenvalue weighted by atomic mass is 32.2. The Balaban J connectivity index is 1.83. The van der Waals surface area contributed by atoms with Gasteiger partial charge in [-0.2, -0.15) is 9.40 Å². The van der Waals surface area contributed by atoms with Gasteiger partial charge in [0.15, 0.2) is 5.03 Å². The minimum Gasteiger partial charge on any atom is -0.339 e. The molecule has 0 amide bonds. The number of piperidine rings is 1. The average Bonchev–Trinajstić information content (AvgIpc) is 3.08. The van der Waals surface area contributed by atoms with Crippen LogP contribution in [-0.2, 0) is 24.1 Å². The summed E-state index contributed by atoms with van der Waals surface area (Å²) in [4.78, 5) is 3.98. The molecule has 0 aromatic carbocycles. The van der Waals surface area contributed by atoms with E-state index in [0.717, 1.165) is 18.5 Å². The van der Waals surface area contributed by atoms with E-state index in [4.69, 9.17) is 0 Å². The second kappa shape index (κ2) is 5.27. The van der Waals surface area contributed by atoms with Crippen molar-refractivity contribution in [3.63, 3.8) is 0 Å². The Bertz CT molecular complexity index is 733. The molecule has 0 radical (unpaired) electrons. The highest BCUT2D eigenvalue weighted by molar-refractivity contribution is 7.89. The first-order valence-electron chi connectivity index (χ1n) is 6.94. The molecule has 0 bridgehead atoms. The molecule has 1 fully saturated rings. The summed E-state index contributed by atoms with van der Waals surface area (Å²) in [5, 5.41) is 4.52. The van der Waals surface area contributed by atoms with Gasteiger partial charge in [-0.15, -0.1) is 0 Å². The maximum atomic E-state index is 12.6. The Morgan fingerprint density at radius 2 is 2.14 bits per heavy atom. The van der Waals surface area contributed by atoms with E-state index in [9.17, 15) is 8.42 Å². The SMILES string of the molecule is Cn1cnc(S(=O)(=O)N2CCC[C@@H](c3ccn(C)n3)C2)c1. The van der Waals surface area contributed by atoms with Gasteiger partial charge in [0.05, 0.1) is 12.0 Å². The lowest BCUT2D eigenvalue weighted by molar-refractivity contribution is 0.311. The number of nitrogens with zero attached hydrogens (tertiary/aromatic N) is 5. The van der Waals surface area contributed by atoms with E-state index < -0.39 is 10.0 Å². The summed E-state index contributed by atoms with van der Waals surface area (Å²) in [6.45, 7) is 1.01. The monoisotopic (exact) mass is 309 g/mol. The first kappa shape index (κ1) is 14.3. The molecule has 0 spiro atoms. The van der Waals surface area contributed by atoms with Crippen molar-refractivity contribution in [3.8, 4) is 0 Å². The number of hydrogen-bond acceptors (Lipinski definition) is 4. The van der Waals surface area contributed by atoms with Crippen molar-refractivity contribution >= 4 is 10.0 Å². The Labute approximate surface area is 124 Å². The molecule has 21 heavy (non-hydrogen) atoms. The van der Waals surface area contributed by atoms with Gasteiger partial charge in [-0.05, 0) is 18.9 Å². The molecule has 1 saturated heterocycles. The number of aromatic nitrogens is 4. The Morgan fingerprint density at radius 3 is 2.76 bits per heavy atom. The van der Waals surface area contributed by atoms with E-state index in [1.807, 2.05) is 19.3 Å². The average molecular weight is 309 g/mol. The Morgan fingerprint density at radius 1 is 1.33 bits per heavy atom. The minimum atomic E-state index is -3.51. The largest absolute Gasteiger partial charge is 0.339 e. The second-order valence-corrected chi connectivity index (χ2v) is 7.38. The predicted octanol–water partition coefficient (Wildman–Crippen LogP) is 0.722. The van der Waals surface area contributed by atoms with Crippen LogP contribution >= 0.6 is 0 Å². The van der Waals surface area contributed by atoms with Crippen molar-refractivity contribution in [3.05, 3.63) is 30.5 Å². The van der Waals surface area contributed by atoms with Gasteiger partial charge in [-0.25, -0.2) is 13.4 Å². The van der Waals surface area contributed by atoms with Gasteiger partial charge in [0.1, 0.15) is 0 Å². The van der Waals surface area contributed by atoms with E-state index >= 15 is 0 Å². The standard InChI is InChI=1S/C13H19N5O2S/c1-16-9-13(14-10-16)21(19,20)18-6-3-4-11(8-18)12-5-7-17(2)15-12/h5,7,9-11H,3-4,6,8H2,1-2H3/t11-/m1/s1. The van der Waals surface area contributed by atoms with E-state index in [1.165, 1.54) is 10.6 Å². The van der Waals surface area contributed by atoms with Gasteiger partial charge in [0, 0.05) is 45.5 Å². The van der Waals surface area contributed by atoms with E-state index in [2.05, 4.69) is 10.1 Å². The van der Waals surface area contributed by atoms with Crippen LogP contribution in [0.1, 0.15) is 24.5 Å². The fourth-order valence-electron chi connectivity index (χ4n) is 2.71. The van der Waals surface area contributed by atoms with E-state index in [1.54, 1.807) is 22.5 Å². The molecule has 8 heteroatoms. The minimum absolute atomic E-state index is 0.117. The smallest absolute Gasteiger partial charge is 0.262 e. The fraction of sp³-hybridized carbons (Fsp3) is 0.538. The number of sulfonamides is 1. The number of rotatable bonds is 3. The summed E-state index contributed by atoms with van der Waals surface area (Å²) in [6.07, 6.45) is 6.74. The molecule has 0 unspecified atom stereocenters. The third-order valence-corrected chi connectivity index (χ3v) is 5.57. The molecule has 3 heterocycles. The molecule has 1 aliphatic rings. The number of aryl methyl sites for hydroxylation is 2. The zero-order chi connectivity index (χ0) is 15.0. The molecule has 1 aliphatic heterocycles. The molecular formula is C13H19N5O2S. The molecule has 2 aromatic heterocycles. The lowest BCUT2D eigenvalue weighted by atomic mass is 9.96. The maximum Gasteiger partial charge on any atom is 0.262 e. The van der Waals surface area contributed by atoms with Crippen LogP contribution in [0.4, 0.5) is 0 Å². The summed E-state index contributed by atoms with van der Waals surface area (Å²) >= 11 is 0. The van der Waals surface area contributed by atoms with Gasteiger partial charge < -0.3 is 4.57 Å². The van der Waals surface area contributed by atoms with Crippen LogP contribution in [0.15, 0.2) is 29.8 Å². The first-order valence-corrected chi connectivity index (χ1v) is 8.38. The summed E-state index contributed by atoms with van der Waals surface area (Å²) in [6, 6.07) is 1.96. The van der Waals surface area contributed by atoms with Crippen LogP contribution in [0, 0.1) is 0 Å². The maximum absolute atomic E-state index is 12.6. The third-order valence-electron chi connectivity index (χ3n) is 3.82. The summed E-state index contributed by atoms with van der Waals surface area (Å²) in [7, 11) is 0.124. The summed E-state index contributed by atoms with van der Waals surface area (Å²) in [5.74, 6) is 0.151. The fourth-order valence-corrected chi connectivity index (χ4v) is 4.20.